The molecule has 1 saturated carbocycles. The summed E-state index contributed by atoms with van der Waals surface area (Å²) in [6.45, 7) is 3.33. The molecule has 0 aromatic carbocycles. The molecule has 0 N–H and O–H groups in total. The van der Waals surface area contributed by atoms with Crippen LogP contribution in [0, 0.1) is 5.41 Å². The monoisotopic (exact) mass is 142 g/mol. The van der Waals surface area contributed by atoms with Crippen LogP contribution in [0.4, 0.5) is 0 Å². The zero-order valence-electron chi connectivity index (χ0n) is 7.15. The third-order valence-electron chi connectivity index (χ3n) is 2.72. The van der Waals surface area contributed by atoms with Crippen LogP contribution in [-0.4, -0.2) is 13.7 Å². The fourth-order valence-corrected chi connectivity index (χ4v) is 1.83. The summed E-state index contributed by atoms with van der Waals surface area (Å²) >= 11 is 0. The Hall–Kier alpha value is -0.0400. The van der Waals surface area contributed by atoms with Gasteiger partial charge in [0.25, 0.3) is 0 Å². The molecule has 1 fully saturated rings. The molecular formula is C9H18O. The second-order valence-corrected chi connectivity index (χ2v) is 3.76. The molecular weight excluding hydrogens is 124 g/mol. The molecule has 0 saturated heterocycles. The number of rotatable bonds is 3. The molecule has 0 amide bonds. The van der Waals surface area contributed by atoms with Gasteiger partial charge in [0, 0.05) is 13.7 Å². The molecule has 0 bridgehead atoms. The fraction of sp³-hybridized carbons (Fsp3) is 1.00. The molecule has 0 unspecified atom stereocenters. The predicted octanol–water partition coefficient (Wildman–Crippen LogP) is 2.60. The molecule has 60 valence electrons. The molecule has 0 aliphatic heterocycles. The van der Waals surface area contributed by atoms with E-state index in [4.69, 9.17) is 4.74 Å². The quantitative estimate of drug-likeness (QED) is 0.588. The van der Waals surface area contributed by atoms with Gasteiger partial charge in [-0.25, -0.2) is 0 Å². The lowest BCUT2D eigenvalue weighted by Gasteiger charge is -2.22. The van der Waals surface area contributed by atoms with Crippen molar-refractivity contribution in [1.29, 1.82) is 0 Å². The van der Waals surface area contributed by atoms with Gasteiger partial charge >= 0.3 is 0 Å². The molecule has 0 aromatic heterocycles. The van der Waals surface area contributed by atoms with E-state index in [1.165, 1.54) is 32.1 Å². The third kappa shape index (κ3) is 1.98. The summed E-state index contributed by atoms with van der Waals surface area (Å²) in [5.41, 5.74) is 0.621. The van der Waals surface area contributed by atoms with Gasteiger partial charge in [0.2, 0.25) is 0 Å². The van der Waals surface area contributed by atoms with E-state index in [-0.39, 0.29) is 0 Å². The summed E-state index contributed by atoms with van der Waals surface area (Å²) in [6, 6.07) is 0. The standard InChI is InChI=1S/C9H18O/c1-9(7-8-10-2)5-3-4-6-9/h3-8H2,1-2H3. The summed E-state index contributed by atoms with van der Waals surface area (Å²) in [7, 11) is 1.79. The van der Waals surface area contributed by atoms with Crippen molar-refractivity contribution in [3.63, 3.8) is 0 Å². The van der Waals surface area contributed by atoms with E-state index in [9.17, 15) is 0 Å². The van der Waals surface area contributed by atoms with Gasteiger partial charge in [-0.15, -0.1) is 0 Å². The second kappa shape index (κ2) is 3.38. The molecule has 0 atom stereocenters. The van der Waals surface area contributed by atoms with Gasteiger partial charge in [-0.1, -0.05) is 19.8 Å². The van der Waals surface area contributed by atoms with Gasteiger partial charge in [-0.05, 0) is 24.7 Å². The Morgan fingerprint density at radius 3 is 2.40 bits per heavy atom. The molecule has 1 aliphatic carbocycles. The van der Waals surface area contributed by atoms with Crippen LogP contribution in [0.1, 0.15) is 39.0 Å². The van der Waals surface area contributed by atoms with E-state index in [1.54, 1.807) is 7.11 Å². The normalized spacial score (nSPS) is 23.4. The molecule has 1 aliphatic rings. The smallest absolute Gasteiger partial charge is 0.0467 e. The van der Waals surface area contributed by atoms with Crippen molar-refractivity contribution in [3.05, 3.63) is 0 Å². The Labute approximate surface area is 63.8 Å². The maximum Gasteiger partial charge on any atom is 0.0467 e. The minimum Gasteiger partial charge on any atom is -0.385 e. The predicted molar refractivity (Wildman–Crippen MR) is 43.1 cm³/mol. The van der Waals surface area contributed by atoms with E-state index in [2.05, 4.69) is 6.92 Å². The molecule has 0 aromatic rings. The summed E-state index contributed by atoms with van der Waals surface area (Å²) in [5, 5.41) is 0. The van der Waals surface area contributed by atoms with Crippen LogP contribution >= 0.6 is 0 Å². The van der Waals surface area contributed by atoms with E-state index in [1.807, 2.05) is 0 Å². The number of methoxy groups -OCH3 is 1. The Kier molecular flexibility index (Phi) is 2.72. The summed E-state index contributed by atoms with van der Waals surface area (Å²) in [6.07, 6.45) is 6.94. The number of ether oxygens (including phenoxy) is 1. The zero-order chi connectivity index (χ0) is 7.45. The average molecular weight is 142 g/mol. The van der Waals surface area contributed by atoms with Gasteiger partial charge in [0.15, 0.2) is 0 Å². The van der Waals surface area contributed by atoms with Gasteiger partial charge < -0.3 is 4.74 Å². The maximum absolute atomic E-state index is 5.07. The average Bonchev–Trinajstić information content (AvgIpc) is 2.33. The van der Waals surface area contributed by atoms with Crippen LogP contribution in [0.3, 0.4) is 0 Å². The molecule has 10 heavy (non-hydrogen) atoms. The first-order chi connectivity index (χ1) is 4.77. The van der Waals surface area contributed by atoms with Crippen molar-refractivity contribution >= 4 is 0 Å². The van der Waals surface area contributed by atoms with Crippen molar-refractivity contribution in [1.82, 2.24) is 0 Å². The third-order valence-corrected chi connectivity index (χ3v) is 2.72. The van der Waals surface area contributed by atoms with Gasteiger partial charge in [0.05, 0.1) is 0 Å². The highest BCUT2D eigenvalue weighted by atomic mass is 16.5. The van der Waals surface area contributed by atoms with Gasteiger partial charge in [-0.2, -0.15) is 0 Å². The van der Waals surface area contributed by atoms with E-state index < -0.39 is 0 Å². The van der Waals surface area contributed by atoms with Crippen LogP contribution in [0.25, 0.3) is 0 Å². The van der Waals surface area contributed by atoms with Crippen molar-refractivity contribution in [2.24, 2.45) is 5.41 Å². The number of hydrogen-bond acceptors (Lipinski definition) is 1. The van der Waals surface area contributed by atoms with Crippen LogP contribution in [0.2, 0.25) is 0 Å². The van der Waals surface area contributed by atoms with Gasteiger partial charge in [-0.3, -0.25) is 0 Å². The van der Waals surface area contributed by atoms with E-state index in [0.29, 0.717) is 5.41 Å². The first-order valence-corrected chi connectivity index (χ1v) is 4.26. The zero-order valence-corrected chi connectivity index (χ0v) is 7.15. The Morgan fingerprint density at radius 1 is 1.30 bits per heavy atom. The van der Waals surface area contributed by atoms with E-state index >= 15 is 0 Å². The van der Waals surface area contributed by atoms with Crippen molar-refractivity contribution in [2.75, 3.05) is 13.7 Å². The lowest BCUT2D eigenvalue weighted by molar-refractivity contribution is 0.146. The molecule has 1 rings (SSSR count). The Bertz CT molecular complexity index is 92.9. The topological polar surface area (TPSA) is 9.23 Å². The molecule has 1 heteroatoms. The highest BCUT2D eigenvalue weighted by Crippen LogP contribution is 2.40. The first kappa shape index (κ1) is 8.06. The lowest BCUT2D eigenvalue weighted by Crippen LogP contribution is -2.13. The summed E-state index contributed by atoms with van der Waals surface area (Å²) < 4.78 is 5.07. The molecule has 0 radical (unpaired) electrons. The summed E-state index contributed by atoms with van der Waals surface area (Å²) in [5.74, 6) is 0. The SMILES string of the molecule is COCCC1(C)CCCC1. The minimum absolute atomic E-state index is 0.621. The first-order valence-electron chi connectivity index (χ1n) is 4.26. The largest absolute Gasteiger partial charge is 0.385 e. The second-order valence-electron chi connectivity index (χ2n) is 3.76. The lowest BCUT2D eigenvalue weighted by atomic mass is 9.86. The highest BCUT2D eigenvalue weighted by molar-refractivity contribution is 4.79. The van der Waals surface area contributed by atoms with E-state index in [0.717, 1.165) is 6.61 Å². The van der Waals surface area contributed by atoms with Crippen LogP contribution in [0.15, 0.2) is 0 Å². The Morgan fingerprint density at radius 2 is 1.90 bits per heavy atom. The molecule has 0 spiro atoms. The van der Waals surface area contributed by atoms with Crippen molar-refractivity contribution in [3.8, 4) is 0 Å². The Balaban J connectivity index is 2.22. The number of hydrogen-bond donors (Lipinski definition) is 0. The van der Waals surface area contributed by atoms with Crippen LogP contribution in [0.5, 0.6) is 0 Å². The maximum atomic E-state index is 5.07. The summed E-state index contributed by atoms with van der Waals surface area (Å²) in [4.78, 5) is 0. The highest BCUT2D eigenvalue weighted by Gasteiger charge is 2.27. The fourth-order valence-electron chi connectivity index (χ4n) is 1.83. The minimum atomic E-state index is 0.621. The van der Waals surface area contributed by atoms with Crippen LogP contribution in [-0.2, 0) is 4.74 Å². The van der Waals surface area contributed by atoms with Crippen molar-refractivity contribution < 1.29 is 4.74 Å². The van der Waals surface area contributed by atoms with Crippen LogP contribution < -0.4 is 0 Å². The molecule has 0 heterocycles. The van der Waals surface area contributed by atoms with Crippen molar-refractivity contribution in [2.45, 2.75) is 39.0 Å². The molecule has 1 nitrogen and oxygen atoms in total. The van der Waals surface area contributed by atoms with Gasteiger partial charge in [0.1, 0.15) is 0 Å².